The molecule has 0 unspecified atom stereocenters. The summed E-state index contributed by atoms with van der Waals surface area (Å²) in [6.07, 6.45) is 4.06. The summed E-state index contributed by atoms with van der Waals surface area (Å²) < 4.78 is 0. The van der Waals surface area contributed by atoms with E-state index in [4.69, 9.17) is 5.73 Å². The molecule has 1 aliphatic heterocycles. The summed E-state index contributed by atoms with van der Waals surface area (Å²) in [4.78, 5) is 10.6. The first-order chi connectivity index (χ1) is 9.74. The number of nitrogens with zero attached hydrogens (tertiary/aromatic N) is 3. The van der Waals surface area contributed by atoms with E-state index in [1.165, 1.54) is 24.9 Å². The van der Waals surface area contributed by atoms with Crippen molar-refractivity contribution < 1.29 is 0 Å². The van der Waals surface area contributed by atoms with E-state index in [0.29, 0.717) is 5.82 Å². The van der Waals surface area contributed by atoms with Crippen molar-refractivity contribution >= 4 is 23.0 Å². The topological polar surface area (TPSA) is 67.1 Å². The van der Waals surface area contributed by atoms with Crippen LogP contribution in [0.25, 0.3) is 0 Å². The predicted octanol–water partition coefficient (Wildman–Crippen LogP) is 2.71. The van der Waals surface area contributed by atoms with Gasteiger partial charge in [0.15, 0.2) is 0 Å². The van der Waals surface area contributed by atoms with Crippen LogP contribution in [0.2, 0.25) is 0 Å². The first-order valence-corrected chi connectivity index (χ1v) is 6.93. The van der Waals surface area contributed by atoms with Gasteiger partial charge in [-0.3, -0.25) is 0 Å². The summed E-state index contributed by atoms with van der Waals surface area (Å²) in [5, 5.41) is 3.28. The molecule has 2 aromatic rings. The third-order valence-electron chi connectivity index (χ3n) is 3.72. The van der Waals surface area contributed by atoms with Crippen molar-refractivity contribution in [3.8, 4) is 0 Å². The molecular weight excluding hydrogens is 250 g/mol. The molecule has 20 heavy (non-hydrogen) atoms. The molecule has 0 spiro atoms. The van der Waals surface area contributed by atoms with Gasteiger partial charge in [-0.1, -0.05) is 0 Å². The average Bonchev–Trinajstić information content (AvgIpc) is 2.99. The highest BCUT2D eigenvalue weighted by Gasteiger charge is 2.12. The van der Waals surface area contributed by atoms with E-state index in [9.17, 15) is 0 Å². The number of rotatable bonds is 3. The minimum atomic E-state index is 0.510. The van der Waals surface area contributed by atoms with Gasteiger partial charge in [0.1, 0.15) is 18.0 Å². The number of anilines is 4. The molecule has 2 heterocycles. The number of benzene rings is 1. The molecule has 3 rings (SSSR count). The van der Waals surface area contributed by atoms with Gasteiger partial charge >= 0.3 is 0 Å². The smallest absolute Gasteiger partial charge is 0.138 e. The van der Waals surface area contributed by atoms with Gasteiger partial charge in [0.25, 0.3) is 0 Å². The molecular formula is C15H19N5. The van der Waals surface area contributed by atoms with Crippen molar-refractivity contribution in [2.24, 2.45) is 0 Å². The average molecular weight is 269 g/mol. The molecule has 0 saturated carbocycles. The third kappa shape index (κ3) is 2.52. The van der Waals surface area contributed by atoms with Crippen LogP contribution in [0.1, 0.15) is 18.4 Å². The summed E-state index contributed by atoms with van der Waals surface area (Å²) in [5.74, 6) is 1.27. The fourth-order valence-electron chi connectivity index (χ4n) is 2.46. The highest BCUT2D eigenvalue weighted by Crippen LogP contribution is 2.25. The van der Waals surface area contributed by atoms with E-state index < -0.39 is 0 Å². The molecule has 0 bridgehead atoms. The van der Waals surface area contributed by atoms with Crippen molar-refractivity contribution in [1.29, 1.82) is 0 Å². The summed E-state index contributed by atoms with van der Waals surface area (Å²) >= 11 is 0. The van der Waals surface area contributed by atoms with Crippen LogP contribution >= 0.6 is 0 Å². The van der Waals surface area contributed by atoms with E-state index >= 15 is 0 Å². The van der Waals surface area contributed by atoms with Crippen molar-refractivity contribution in [2.75, 3.05) is 29.0 Å². The molecule has 0 atom stereocenters. The maximum atomic E-state index is 5.78. The number of hydrogen-bond acceptors (Lipinski definition) is 5. The van der Waals surface area contributed by atoms with Gasteiger partial charge in [-0.2, -0.15) is 0 Å². The Morgan fingerprint density at radius 2 is 1.80 bits per heavy atom. The quantitative estimate of drug-likeness (QED) is 0.896. The molecule has 0 radical (unpaired) electrons. The number of hydrogen-bond donors (Lipinski definition) is 2. The van der Waals surface area contributed by atoms with E-state index in [-0.39, 0.29) is 0 Å². The van der Waals surface area contributed by atoms with Crippen LogP contribution in [-0.2, 0) is 0 Å². The Hall–Kier alpha value is -2.30. The van der Waals surface area contributed by atoms with E-state index in [1.54, 1.807) is 0 Å². The normalized spacial score (nSPS) is 14.6. The standard InChI is InChI=1S/C15H19N5/c1-11-14(16)17-10-18-15(11)19-12-4-6-13(7-5-12)20-8-2-3-9-20/h4-7,10H,2-3,8-9H2,1H3,(H3,16,17,18,19). The van der Waals surface area contributed by atoms with Gasteiger partial charge in [0.2, 0.25) is 0 Å². The molecule has 1 fully saturated rings. The molecule has 1 aromatic heterocycles. The minimum absolute atomic E-state index is 0.510. The molecule has 1 saturated heterocycles. The van der Waals surface area contributed by atoms with Crippen molar-refractivity contribution in [3.63, 3.8) is 0 Å². The first-order valence-electron chi connectivity index (χ1n) is 6.93. The first kappa shape index (κ1) is 12.7. The zero-order valence-corrected chi connectivity index (χ0v) is 11.6. The molecule has 3 N–H and O–H groups in total. The van der Waals surface area contributed by atoms with E-state index in [0.717, 1.165) is 30.2 Å². The van der Waals surface area contributed by atoms with Gasteiger partial charge in [-0.25, -0.2) is 9.97 Å². The van der Waals surface area contributed by atoms with Gasteiger partial charge in [-0.15, -0.1) is 0 Å². The van der Waals surface area contributed by atoms with E-state index in [2.05, 4.69) is 44.5 Å². The Labute approximate surface area is 118 Å². The lowest BCUT2D eigenvalue weighted by atomic mass is 10.2. The zero-order valence-electron chi connectivity index (χ0n) is 11.6. The molecule has 5 heteroatoms. The maximum absolute atomic E-state index is 5.78. The Morgan fingerprint density at radius 1 is 1.10 bits per heavy atom. The van der Waals surface area contributed by atoms with Crippen LogP contribution < -0.4 is 16.0 Å². The highest BCUT2D eigenvalue weighted by atomic mass is 15.1. The Bertz CT molecular complexity index is 588. The van der Waals surface area contributed by atoms with Gasteiger partial charge in [-0.05, 0) is 44.0 Å². The fourth-order valence-corrected chi connectivity index (χ4v) is 2.46. The number of nitrogen functional groups attached to an aromatic ring is 1. The van der Waals surface area contributed by atoms with Gasteiger partial charge in [0.05, 0.1) is 0 Å². The lowest BCUT2D eigenvalue weighted by molar-refractivity contribution is 0.949. The maximum Gasteiger partial charge on any atom is 0.138 e. The number of nitrogens with two attached hydrogens (primary N) is 1. The third-order valence-corrected chi connectivity index (χ3v) is 3.72. The van der Waals surface area contributed by atoms with Crippen LogP contribution in [0.15, 0.2) is 30.6 Å². The monoisotopic (exact) mass is 269 g/mol. The molecule has 1 aliphatic rings. The summed E-state index contributed by atoms with van der Waals surface area (Å²) in [6.45, 7) is 4.24. The van der Waals surface area contributed by atoms with Crippen molar-refractivity contribution in [2.45, 2.75) is 19.8 Å². The van der Waals surface area contributed by atoms with Crippen molar-refractivity contribution in [3.05, 3.63) is 36.2 Å². The number of aromatic nitrogens is 2. The SMILES string of the molecule is Cc1c(N)ncnc1Nc1ccc(N2CCCC2)cc1. The number of nitrogens with one attached hydrogen (secondary N) is 1. The van der Waals surface area contributed by atoms with Gasteiger partial charge in [0, 0.05) is 30.0 Å². The molecule has 5 nitrogen and oxygen atoms in total. The summed E-state index contributed by atoms with van der Waals surface area (Å²) in [5.41, 5.74) is 8.95. The van der Waals surface area contributed by atoms with Crippen molar-refractivity contribution in [1.82, 2.24) is 9.97 Å². The van der Waals surface area contributed by atoms with Crippen LogP contribution in [0, 0.1) is 6.92 Å². The highest BCUT2D eigenvalue weighted by molar-refractivity contribution is 5.65. The Morgan fingerprint density at radius 3 is 2.50 bits per heavy atom. The minimum Gasteiger partial charge on any atom is -0.383 e. The van der Waals surface area contributed by atoms with E-state index in [1.807, 2.05) is 6.92 Å². The predicted molar refractivity (Wildman–Crippen MR) is 82.4 cm³/mol. The Kier molecular flexibility index (Phi) is 3.41. The zero-order chi connectivity index (χ0) is 13.9. The summed E-state index contributed by atoms with van der Waals surface area (Å²) in [7, 11) is 0. The molecule has 0 amide bonds. The second-order valence-corrected chi connectivity index (χ2v) is 5.10. The summed E-state index contributed by atoms with van der Waals surface area (Å²) in [6, 6.07) is 8.44. The van der Waals surface area contributed by atoms with Gasteiger partial charge < -0.3 is 16.0 Å². The molecule has 1 aromatic carbocycles. The molecule has 104 valence electrons. The van der Waals surface area contributed by atoms with Crippen LogP contribution in [-0.4, -0.2) is 23.1 Å². The largest absolute Gasteiger partial charge is 0.383 e. The lowest BCUT2D eigenvalue weighted by Crippen LogP contribution is -2.17. The van der Waals surface area contributed by atoms with Crippen LogP contribution in [0.4, 0.5) is 23.0 Å². The van der Waals surface area contributed by atoms with Crippen LogP contribution in [0.3, 0.4) is 0 Å². The second-order valence-electron chi connectivity index (χ2n) is 5.10. The Balaban J connectivity index is 1.76. The second kappa shape index (κ2) is 5.36. The lowest BCUT2D eigenvalue weighted by Gasteiger charge is -2.18. The van der Waals surface area contributed by atoms with Crippen LogP contribution in [0.5, 0.6) is 0 Å². The molecule has 0 aliphatic carbocycles. The fraction of sp³-hybridized carbons (Fsp3) is 0.333.